The summed E-state index contributed by atoms with van der Waals surface area (Å²) in [7, 11) is 0. The SMILES string of the molecule is O=C(O)CC1CC(C2CCN(C(=O)c3cc(-n4cccc4)ccc3O)CC2)NN1. The van der Waals surface area contributed by atoms with Gasteiger partial charge in [-0.25, -0.2) is 0 Å². The summed E-state index contributed by atoms with van der Waals surface area (Å²) in [6.45, 7) is 1.25. The summed E-state index contributed by atoms with van der Waals surface area (Å²) in [5, 5.41) is 19.2. The zero-order valence-electron chi connectivity index (χ0n) is 16.1. The van der Waals surface area contributed by atoms with E-state index in [1.807, 2.05) is 29.1 Å². The number of benzene rings is 1. The molecule has 0 saturated carbocycles. The van der Waals surface area contributed by atoms with Crippen molar-refractivity contribution in [3.8, 4) is 11.4 Å². The molecule has 154 valence electrons. The normalized spacial score (nSPS) is 22.7. The van der Waals surface area contributed by atoms with Crippen molar-refractivity contribution in [2.45, 2.75) is 37.8 Å². The highest BCUT2D eigenvalue weighted by molar-refractivity contribution is 5.97. The van der Waals surface area contributed by atoms with Crippen molar-refractivity contribution >= 4 is 11.9 Å². The van der Waals surface area contributed by atoms with E-state index >= 15 is 0 Å². The number of amides is 1. The Balaban J connectivity index is 1.37. The highest BCUT2D eigenvalue weighted by atomic mass is 16.4. The van der Waals surface area contributed by atoms with Crippen LogP contribution in [0.3, 0.4) is 0 Å². The van der Waals surface area contributed by atoms with E-state index in [-0.39, 0.29) is 30.2 Å². The fourth-order valence-corrected chi connectivity index (χ4v) is 4.34. The predicted octanol–water partition coefficient (Wildman–Crippen LogP) is 1.74. The van der Waals surface area contributed by atoms with E-state index in [0.717, 1.165) is 24.9 Å². The molecule has 4 N–H and O–H groups in total. The number of nitrogens with zero attached hydrogens (tertiary/aromatic N) is 2. The third-order valence-corrected chi connectivity index (χ3v) is 5.94. The van der Waals surface area contributed by atoms with Crippen molar-refractivity contribution in [3.63, 3.8) is 0 Å². The average Bonchev–Trinajstić information content (AvgIpc) is 3.40. The number of nitrogens with one attached hydrogen (secondary N) is 2. The number of aromatic nitrogens is 1. The second-order valence-corrected chi connectivity index (χ2v) is 7.85. The molecule has 2 aromatic rings. The number of carboxylic acid groups (broad SMARTS) is 1. The van der Waals surface area contributed by atoms with E-state index in [9.17, 15) is 14.7 Å². The Morgan fingerprint density at radius 3 is 2.52 bits per heavy atom. The summed E-state index contributed by atoms with van der Waals surface area (Å²) in [4.78, 5) is 25.7. The molecule has 2 aliphatic rings. The molecule has 29 heavy (non-hydrogen) atoms. The molecular formula is C21H26N4O4. The van der Waals surface area contributed by atoms with Gasteiger partial charge in [-0.05, 0) is 55.5 Å². The number of piperidine rings is 1. The van der Waals surface area contributed by atoms with Crippen LogP contribution in [0, 0.1) is 5.92 Å². The maximum Gasteiger partial charge on any atom is 0.304 e. The average molecular weight is 398 g/mol. The van der Waals surface area contributed by atoms with Gasteiger partial charge in [-0.2, -0.15) is 0 Å². The van der Waals surface area contributed by atoms with Gasteiger partial charge in [0, 0.05) is 43.3 Å². The van der Waals surface area contributed by atoms with Crippen molar-refractivity contribution in [3.05, 3.63) is 48.3 Å². The van der Waals surface area contributed by atoms with Gasteiger partial charge >= 0.3 is 5.97 Å². The molecule has 3 heterocycles. The molecule has 2 atom stereocenters. The third-order valence-electron chi connectivity index (χ3n) is 5.94. The first-order chi connectivity index (χ1) is 14.0. The number of carbonyl (C=O) groups is 2. The van der Waals surface area contributed by atoms with Crippen LogP contribution in [-0.2, 0) is 4.79 Å². The number of aromatic hydroxyl groups is 1. The minimum absolute atomic E-state index is 0.00815. The summed E-state index contributed by atoms with van der Waals surface area (Å²) in [6, 6.07) is 9.06. The van der Waals surface area contributed by atoms with Gasteiger partial charge in [0.1, 0.15) is 5.75 Å². The van der Waals surface area contributed by atoms with Crippen molar-refractivity contribution in [2.24, 2.45) is 5.92 Å². The molecule has 8 heteroatoms. The van der Waals surface area contributed by atoms with Gasteiger partial charge in [-0.3, -0.25) is 20.4 Å². The molecule has 0 spiro atoms. The number of hydrazine groups is 1. The quantitative estimate of drug-likeness (QED) is 0.611. The van der Waals surface area contributed by atoms with Gasteiger partial charge in [-0.15, -0.1) is 0 Å². The summed E-state index contributed by atoms with van der Waals surface area (Å²) in [5.41, 5.74) is 7.45. The smallest absolute Gasteiger partial charge is 0.304 e. The maximum atomic E-state index is 13.0. The number of aliphatic carboxylic acids is 1. The Hall–Kier alpha value is -2.84. The van der Waals surface area contributed by atoms with Crippen LogP contribution in [0.5, 0.6) is 5.75 Å². The lowest BCUT2D eigenvalue weighted by Crippen LogP contribution is -2.44. The van der Waals surface area contributed by atoms with Crippen LogP contribution in [0.1, 0.15) is 36.0 Å². The van der Waals surface area contributed by atoms with Gasteiger partial charge < -0.3 is 19.7 Å². The summed E-state index contributed by atoms with van der Waals surface area (Å²) in [5.74, 6) is -0.570. The van der Waals surface area contributed by atoms with Crippen molar-refractivity contribution < 1.29 is 19.8 Å². The van der Waals surface area contributed by atoms with Gasteiger partial charge in [0.05, 0.1) is 12.0 Å². The summed E-state index contributed by atoms with van der Waals surface area (Å²) >= 11 is 0. The number of hydrogen-bond donors (Lipinski definition) is 4. The van der Waals surface area contributed by atoms with E-state index in [1.54, 1.807) is 23.1 Å². The van der Waals surface area contributed by atoms with Crippen molar-refractivity contribution in [1.29, 1.82) is 0 Å². The first-order valence-corrected chi connectivity index (χ1v) is 10.00. The van der Waals surface area contributed by atoms with Gasteiger partial charge in [-0.1, -0.05) is 0 Å². The highest BCUT2D eigenvalue weighted by Crippen LogP contribution is 2.29. The summed E-state index contributed by atoms with van der Waals surface area (Å²) < 4.78 is 1.90. The maximum absolute atomic E-state index is 13.0. The number of rotatable bonds is 5. The van der Waals surface area contributed by atoms with Gasteiger partial charge in [0.2, 0.25) is 0 Å². The van der Waals surface area contributed by atoms with Crippen LogP contribution in [-0.4, -0.2) is 56.7 Å². The lowest BCUT2D eigenvalue weighted by atomic mass is 9.86. The number of carboxylic acids is 1. The van der Waals surface area contributed by atoms with Crippen LogP contribution in [0.15, 0.2) is 42.7 Å². The topological polar surface area (TPSA) is 107 Å². The third kappa shape index (κ3) is 4.28. The first-order valence-electron chi connectivity index (χ1n) is 10.00. The Kier molecular flexibility index (Phi) is 5.55. The van der Waals surface area contributed by atoms with Crippen LogP contribution < -0.4 is 10.9 Å². The zero-order valence-corrected chi connectivity index (χ0v) is 16.1. The van der Waals surface area contributed by atoms with Crippen molar-refractivity contribution in [1.82, 2.24) is 20.3 Å². The monoisotopic (exact) mass is 398 g/mol. The highest BCUT2D eigenvalue weighted by Gasteiger charge is 2.34. The minimum atomic E-state index is -0.799. The molecule has 2 unspecified atom stereocenters. The number of phenolic OH excluding ortho intramolecular Hbond substituents is 1. The number of likely N-dealkylation sites (tertiary alicyclic amines) is 1. The van der Waals surface area contributed by atoms with Gasteiger partial charge in [0.15, 0.2) is 0 Å². The molecule has 1 amide bonds. The molecule has 2 aliphatic heterocycles. The Morgan fingerprint density at radius 1 is 1.10 bits per heavy atom. The number of carbonyl (C=O) groups excluding carboxylic acids is 1. The first kappa shape index (κ1) is 19.5. The molecule has 2 fully saturated rings. The predicted molar refractivity (Wildman–Crippen MR) is 107 cm³/mol. The van der Waals surface area contributed by atoms with Crippen molar-refractivity contribution in [2.75, 3.05) is 13.1 Å². The Bertz CT molecular complexity index is 875. The van der Waals surface area contributed by atoms with E-state index in [4.69, 9.17) is 5.11 Å². The summed E-state index contributed by atoms with van der Waals surface area (Å²) in [6.07, 6.45) is 6.38. The largest absolute Gasteiger partial charge is 0.507 e. The fourth-order valence-electron chi connectivity index (χ4n) is 4.34. The molecule has 1 aromatic heterocycles. The van der Waals surface area contributed by atoms with E-state index in [0.29, 0.717) is 24.6 Å². The fraction of sp³-hybridized carbons (Fsp3) is 0.429. The number of hydrogen-bond acceptors (Lipinski definition) is 5. The number of phenols is 1. The van der Waals surface area contributed by atoms with E-state index < -0.39 is 5.97 Å². The molecular weight excluding hydrogens is 372 g/mol. The van der Waals surface area contributed by atoms with Crippen LogP contribution in [0.25, 0.3) is 5.69 Å². The van der Waals surface area contributed by atoms with Gasteiger partial charge in [0.25, 0.3) is 5.91 Å². The van der Waals surface area contributed by atoms with Crippen LogP contribution in [0.4, 0.5) is 0 Å². The minimum Gasteiger partial charge on any atom is -0.507 e. The van der Waals surface area contributed by atoms with Crippen LogP contribution in [0.2, 0.25) is 0 Å². The molecule has 0 aliphatic carbocycles. The van der Waals surface area contributed by atoms with E-state index in [1.165, 1.54) is 0 Å². The molecule has 0 radical (unpaired) electrons. The van der Waals surface area contributed by atoms with E-state index in [2.05, 4.69) is 10.9 Å². The second kappa shape index (κ2) is 8.26. The lowest BCUT2D eigenvalue weighted by molar-refractivity contribution is -0.137. The molecule has 2 saturated heterocycles. The Morgan fingerprint density at radius 2 is 1.83 bits per heavy atom. The van der Waals surface area contributed by atoms with Crippen LogP contribution >= 0.6 is 0 Å². The Labute approximate surface area is 169 Å². The lowest BCUT2D eigenvalue weighted by Gasteiger charge is -2.34. The zero-order chi connectivity index (χ0) is 20.4. The molecule has 1 aromatic carbocycles. The molecule has 8 nitrogen and oxygen atoms in total. The standard InChI is InChI=1S/C21H26N4O4/c26-19-4-3-16(24-7-1-2-8-24)13-17(19)21(29)25-9-5-14(6-10-25)18-11-15(22-23-18)12-20(27)28/h1-4,7-8,13-15,18,22-23,26H,5-6,9-12H2,(H,27,28). The molecule has 0 bridgehead atoms. The second-order valence-electron chi connectivity index (χ2n) is 7.85. The molecule has 4 rings (SSSR count).